The third kappa shape index (κ3) is 5.53. The van der Waals surface area contributed by atoms with E-state index in [1.807, 2.05) is 70.2 Å². The van der Waals surface area contributed by atoms with Crippen LogP contribution in [0.15, 0.2) is 54.6 Å². The Labute approximate surface area is 141 Å². The van der Waals surface area contributed by atoms with E-state index < -0.39 is 0 Å². The number of hydrogen-bond donors (Lipinski definition) is 2. The zero-order chi connectivity index (χ0) is 16.4. The van der Waals surface area contributed by atoms with Crippen LogP contribution in [0.2, 0.25) is 0 Å². The molecule has 0 bridgehead atoms. The van der Waals surface area contributed by atoms with Crippen molar-refractivity contribution >= 4 is 11.6 Å². The zero-order valence-corrected chi connectivity index (χ0v) is 13.9. The SMILES string of the molecule is C.CC.CC.O=C1CNC(c2ccccc2)c2ccccc2N1. The molecule has 0 aliphatic carbocycles. The number of benzene rings is 2. The fourth-order valence-corrected chi connectivity index (χ4v) is 2.30. The normalized spacial score (nSPS) is 15.1. The topological polar surface area (TPSA) is 41.1 Å². The highest BCUT2D eigenvalue weighted by Gasteiger charge is 2.21. The first-order valence-corrected chi connectivity index (χ1v) is 8.02. The summed E-state index contributed by atoms with van der Waals surface area (Å²) in [4.78, 5) is 11.6. The first-order chi connectivity index (χ1) is 10.8. The molecule has 0 aromatic heterocycles. The number of fused-ring (bicyclic) bond motifs is 1. The molecule has 1 aliphatic rings. The first kappa shape index (κ1) is 20.9. The van der Waals surface area contributed by atoms with Crippen molar-refractivity contribution in [3.05, 3.63) is 65.7 Å². The Morgan fingerprint density at radius 3 is 2.09 bits per heavy atom. The molecule has 3 rings (SSSR count). The van der Waals surface area contributed by atoms with Gasteiger partial charge in [0.15, 0.2) is 0 Å². The van der Waals surface area contributed by atoms with Crippen molar-refractivity contribution in [2.75, 3.05) is 11.9 Å². The van der Waals surface area contributed by atoms with Gasteiger partial charge in [0.25, 0.3) is 0 Å². The molecule has 3 heteroatoms. The number of carbonyl (C=O) groups is 1. The molecule has 0 fully saturated rings. The van der Waals surface area contributed by atoms with Gasteiger partial charge in [-0.1, -0.05) is 83.7 Å². The van der Waals surface area contributed by atoms with Gasteiger partial charge in [0.2, 0.25) is 5.91 Å². The van der Waals surface area contributed by atoms with Gasteiger partial charge >= 0.3 is 0 Å². The number of hydrogen-bond acceptors (Lipinski definition) is 2. The van der Waals surface area contributed by atoms with Crippen LogP contribution in [0.3, 0.4) is 0 Å². The Morgan fingerprint density at radius 2 is 1.43 bits per heavy atom. The lowest BCUT2D eigenvalue weighted by atomic mass is 9.97. The van der Waals surface area contributed by atoms with Crippen LogP contribution in [0.4, 0.5) is 5.69 Å². The molecular formula is C20H30N2O. The van der Waals surface area contributed by atoms with Crippen molar-refractivity contribution in [1.82, 2.24) is 5.32 Å². The predicted molar refractivity (Wildman–Crippen MR) is 101 cm³/mol. The first-order valence-electron chi connectivity index (χ1n) is 8.02. The molecule has 0 radical (unpaired) electrons. The van der Waals surface area contributed by atoms with Gasteiger partial charge in [0.05, 0.1) is 12.6 Å². The molecule has 1 heterocycles. The molecule has 0 saturated heterocycles. The van der Waals surface area contributed by atoms with Gasteiger partial charge in [-0.25, -0.2) is 0 Å². The van der Waals surface area contributed by atoms with Crippen LogP contribution in [0.25, 0.3) is 0 Å². The summed E-state index contributed by atoms with van der Waals surface area (Å²) in [6.07, 6.45) is 0. The summed E-state index contributed by atoms with van der Waals surface area (Å²) in [6.45, 7) is 8.33. The lowest BCUT2D eigenvalue weighted by Gasteiger charge is -2.18. The van der Waals surface area contributed by atoms with Crippen LogP contribution < -0.4 is 10.6 Å². The summed E-state index contributed by atoms with van der Waals surface area (Å²) in [6, 6.07) is 18.1. The summed E-state index contributed by atoms with van der Waals surface area (Å²) in [5, 5.41) is 6.21. The Hall–Kier alpha value is -2.13. The lowest BCUT2D eigenvalue weighted by Crippen LogP contribution is -2.27. The third-order valence-corrected chi connectivity index (χ3v) is 3.15. The van der Waals surface area contributed by atoms with E-state index in [2.05, 4.69) is 22.8 Å². The third-order valence-electron chi connectivity index (χ3n) is 3.15. The number of nitrogens with one attached hydrogen (secondary N) is 2. The van der Waals surface area contributed by atoms with Gasteiger partial charge in [-0.3, -0.25) is 10.1 Å². The van der Waals surface area contributed by atoms with Crippen molar-refractivity contribution in [3.8, 4) is 0 Å². The zero-order valence-electron chi connectivity index (χ0n) is 13.9. The van der Waals surface area contributed by atoms with E-state index in [1.54, 1.807) is 0 Å². The maximum Gasteiger partial charge on any atom is 0.238 e. The highest BCUT2D eigenvalue weighted by Crippen LogP contribution is 2.29. The van der Waals surface area contributed by atoms with Crippen LogP contribution in [-0.4, -0.2) is 12.5 Å². The second kappa shape index (κ2) is 11.4. The van der Waals surface area contributed by atoms with E-state index in [9.17, 15) is 4.79 Å². The number of amides is 1. The molecule has 1 amide bonds. The standard InChI is InChI=1S/C15H14N2O.2C2H6.CH4/c18-14-10-16-15(11-6-2-1-3-7-11)12-8-4-5-9-13(12)17-14;2*1-2;/h1-9,15-16H,10H2,(H,17,18);2*1-2H3;1H4. The number of para-hydroxylation sites is 1. The summed E-state index contributed by atoms with van der Waals surface area (Å²) < 4.78 is 0. The summed E-state index contributed by atoms with van der Waals surface area (Å²) in [5.41, 5.74) is 3.16. The minimum Gasteiger partial charge on any atom is -0.325 e. The fraction of sp³-hybridized carbons (Fsp3) is 0.350. The minimum atomic E-state index is 0. The molecule has 0 saturated carbocycles. The monoisotopic (exact) mass is 314 g/mol. The quantitative estimate of drug-likeness (QED) is 0.777. The van der Waals surface area contributed by atoms with Gasteiger partial charge in [-0.2, -0.15) is 0 Å². The largest absolute Gasteiger partial charge is 0.325 e. The van der Waals surface area contributed by atoms with Gasteiger partial charge in [-0.05, 0) is 17.2 Å². The summed E-state index contributed by atoms with van der Waals surface area (Å²) >= 11 is 0. The van der Waals surface area contributed by atoms with Crippen molar-refractivity contribution in [2.45, 2.75) is 41.2 Å². The van der Waals surface area contributed by atoms with Crippen LogP contribution in [0.1, 0.15) is 52.3 Å². The number of anilines is 1. The van der Waals surface area contributed by atoms with Crippen LogP contribution >= 0.6 is 0 Å². The summed E-state index contributed by atoms with van der Waals surface area (Å²) in [5.74, 6) is 0.000816. The van der Waals surface area contributed by atoms with Gasteiger partial charge in [0, 0.05) is 5.69 Å². The minimum absolute atomic E-state index is 0. The highest BCUT2D eigenvalue weighted by molar-refractivity contribution is 5.94. The molecule has 126 valence electrons. The molecule has 3 nitrogen and oxygen atoms in total. The van der Waals surface area contributed by atoms with Crippen molar-refractivity contribution in [3.63, 3.8) is 0 Å². The van der Waals surface area contributed by atoms with Crippen LogP contribution in [0.5, 0.6) is 0 Å². The van der Waals surface area contributed by atoms with E-state index >= 15 is 0 Å². The average molecular weight is 314 g/mol. The Balaban J connectivity index is 0.000000901. The van der Waals surface area contributed by atoms with E-state index in [0.29, 0.717) is 6.54 Å². The number of rotatable bonds is 1. The molecule has 1 aliphatic heterocycles. The van der Waals surface area contributed by atoms with E-state index in [4.69, 9.17) is 0 Å². The van der Waals surface area contributed by atoms with Gasteiger partial charge < -0.3 is 5.32 Å². The predicted octanol–water partition coefficient (Wildman–Crippen LogP) is 5.01. The van der Waals surface area contributed by atoms with Gasteiger partial charge in [-0.15, -0.1) is 0 Å². The second-order valence-electron chi connectivity index (χ2n) is 4.36. The van der Waals surface area contributed by atoms with E-state index in [-0.39, 0.29) is 19.4 Å². The summed E-state index contributed by atoms with van der Waals surface area (Å²) in [7, 11) is 0. The Morgan fingerprint density at radius 1 is 0.870 bits per heavy atom. The smallest absolute Gasteiger partial charge is 0.238 e. The molecular weight excluding hydrogens is 284 g/mol. The maximum absolute atomic E-state index is 11.6. The van der Waals surface area contributed by atoms with Crippen molar-refractivity contribution < 1.29 is 4.79 Å². The highest BCUT2D eigenvalue weighted by atomic mass is 16.1. The Kier molecular flexibility index (Phi) is 10.4. The van der Waals surface area contributed by atoms with Crippen LogP contribution in [0, 0.1) is 0 Å². The molecule has 1 unspecified atom stereocenters. The second-order valence-corrected chi connectivity index (χ2v) is 4.36. The fourth-order valence-electron chi connectivity index (χ4n) is 2.30. The molecule has 0 spiro atoms. The molecule has 23 heavy (non-hydrogen) atoms. The van der Waals surface area contributed by atoms with Crippen LogP contribution in [-0.2, 0) is 4.79 Å². The molecule has 1 atom stereocenters. The molecule has 2 aromatic carbocycles. The number of carbonyl (C=O) groups excluding carboxylic acids is 1. The van der Waals surface area contributed by atoms with E-state index in [0.717, 1.165) is 11.3 Å². The van der Waals surface area contributed by atoms with Crippen molar-refractivity contribution in [2.24, 2.45) is 0 Å². The molecule has 2 N–H and O–H groups in total. The maximum atomic E-state index is 11.6. The Bertz CT molecular complexity index is 567. The lowest BCUT2D eigenvalue weighted by molar-refractivity contribution is -0.115. The van der Waals surface area contributed by atoms with Gasteiger partial charge in [0.1, 0.15) is 0 Å². The van der Waals surface area contributed by atoms with Crippen molar-refractivity contribution in [1.29, 1.82) is 0 Å². The average Bonchev–Trinajstić information content (AvgIpc) is 2.77. The van der Waals surface area contributed by atoms with E-state index in [1.165, 1.54) is 5.56 Å². The molecule has 2 aromatic rings.